The fourth-order valence-electron chi connectivity index (χ4n) is 5.28. The van der Waals surface area contributed by atoms with Crippen molar-refractivity contribution in [3.63, 3.8) is 0 Å². The highest BCUT2D eigenvalue weighted by Crippen LogP contribution is 2.32. The fourth-order valence-corrected chi connectivity index (χ4v) is 5.28. The van der Waals surface area contributed by atoms with E-state index in [1.165, 1.54) is 66.8 Å². The summed E-state index contributed by atoms with van der Waals surface area (Å²) in [4.78, 5) is 0. The Kier molecular flexibility index (Phi) is 6.46. The average Bonchev–Trinajstić information content (AvgIpc) is 2.98. The first-order chi connectivity index (χ1) is 18.7. The monoisotopic (exact) mass is 486 g/mol. The standard InChI is InChI=1S/C38H30/c1-27-26-36(22-23-37(27)33-11-7-4-8-12-33)32-15-13-30(14-16-32)31-17-19-34(20-18-31)38-24-21-35(25-28(38)2)29-9-5-3-6-10-29/h3-26H,1-2H3. The van der Waals surface area contributed by atoms with Crippen LogP contribution in [0.2, 0.25) is 0 Å². The van der Waals surface area contributed by atoms with Gasteiger partial charge in [-0.2, -0.15) is 0 Å². The Hall–Kier alpha value is -4.68. The second-order valence-electron chi connectivity index (χ2n) is 9.95. The molecule has 0 N–H and O–H groups in total. The highest BCUT2D eigenvalue weighted by atomic mass is 14.1. The van der Waals surface area contributed by atoms with Gasteiger partial charge in [0.2, 0.25) is 0 Å². The average molecular weight is 487 g/mol. The van der Waals surface area contributed by atoms with Crippen LogP contribution in [-0.2, 0) is 0 Å². The summed E-state index contributed by atoms with van der Waals surface area (Å²) in [5, 5.41) is 0. The summed E-state index contributed by atoms with van der Waals surface area (Å²) < 4.78 is 0. The van der Waals surface area contributed by atoms with E-state index < -0.39 is 0 Å². The van der Waals surface area contributed by atoms with E-state index in [0.717, 1.165) is 0 Å². The predicted octanol–water partition coefficient (Wildman–Crippen LogP) is 10.6. The largest absolute Gasteiger partial charge is 0.0622 e. The fraction of sp³-hybridized carbons (Fsp3) is 0.0526. The van der Waals surface area contributed by atoms with Crippen molar-refractivity contribution < 1.29 is 0 Å². The Bertz CT molecular complexity index is 1670. The zero-order chi connectivity index (χ0) is 25.9. The van der Waals surface area contributed by atoms with Crippen molar-refractivity contribution in [2.75, 3.05) is 0 Å². The van der Waals surface area contributed by atoms with E-state index in [-0.39, 0.29) is 0 Å². The van der Waals surface area contributed by atoms with Crippen molar-refractivity contribution in [2.24, 2.45) is 0 Å². The van der Waals surface area contributed by atoms with Gasteiger partial charge in [0.25, 0.3) is 0 Å². The van der Waals surface area contributed by atoms with Gasteiger partial charge in [-0.25, -0.2) is 0 Å². The van der Waals surface area contributed by atoms with Gasteiger partial charge in [0.05, 0.1) is 0 Å². The molecule has 0 saturated heterocycles. The molecule has 0 aliphatic carbocycles. The smallest absolute Gasteiger partial charge is 0.0154 e. The van der Waals surface area contributed by atoms with Gasteiger partial charge in [-0.05, 0) is 80.6 Å². The van der Waals surface area contributed by atoms with E-state index in [1.54, 1.807) is 0 Å². The van der Waals surface area contributed by atoms with Crippen molar-refractivity contribution in [3.05, 3.63) is 157 Å². The lowest BCUT2D eigenvalue weighted by Gasteiger charge is -2.11. The van der Waals surface area contributed by atoms with Crippen LogP contribution in [0, 0.1) is 13.8 Å². The molecule has 6 aromatic rings. The van der Waals surface area contributed by atoms with Crippen LogP contribution in [0.5, 0.6) is 0 Å². The number of hydrogen-bond acceptors (Lipinski definition) is 0. The Labute approximate surface area is 225 Å². The van der Waals surface area contributed by atoms with Crippen LogP contribution in [0.15, 0.2) is 146 Å². The molecule has 0 nitrogen and oxygen atoms in total. The van der Waals surface area contributed by atoms with E-state index >= 15 is 0 Å². The summed E-state index contributed by atoms with van der Waals surface area (Å²) in [5.74, 6) is 0. The third kappa shape index (κ3) is 4.82. The molecule has 0 heterocycles. The molecule has 0 aliphatic rings. The molecule has 0 spiro atoms. The van der Waals surface area contributed by atoms with E-state index in [2.05, 4.69) is 159 Å². The van der Waals surface area contributed by atoms with Crippen LogP contribution in [0.3, 0.4) is 0 Å². The van der Waals surface area contributed by atoms with Crippen LogP contribution in [-0.4, -0.2) is 0 Å². The molecule has 0 saturated carbocycles. The van der Waals surface area contributed by atoms with E-state index in [0.29, 0.717) is 0 Å². The van der Waals surface area contributed by atoms with E-state index in [9.17, 15) is 0 Å². The second-order valence-corrected chi connectivity index (χ2v) is 9.95. The van der Waals surface area contributed by atoms with E-state index in [1.807, 2.05) is 0 Å². The lowest BCUT2D eigenvalue weighted by molar-refractivity contribution is 1.45. The maximum absolute atomic E-state index is 2.29. The molecule has 38 heavy (non-hydrogen) atoms. The normalized spacial score (nSPS) is 10.9. The lowest BCUT2D eigenvalue weighted by atomic mass is 9.93. The maximum atomic E-state index is 2.29. The van der Waals surface area contributed by atoms with Gasteiger partial charge in [-0.15, -0.1) is 0 Å². The minimum absolute atomic E-state index is 1.23. The highest BCUT2D eigenvalue weighted by molar-refractivity contribution is 5.78. The van der Waals surface area contributed by atoms with Crippen LogP contribution < -0.4 is 0 Å². The third-order valence-electron chi connectivity index (χ3n) is 7.39. The minimum atomic E-state index is 1.23. The summed E-state index contributed by atoms with van der Waals surface area (Å²) in [6, 6.07) is 52.5. The van der Waals surface area contributed by atoms with Gasteiger partial charge < -0.3 is 0 Å². The van der Waals surface area contributed by atoms with Gasteiger partial charge in [-0.3, -0.25) is 0 Å². The Balaban J connectivity index is 1.21. The Morgan fingerprint density at radius 3 is 0.974 bits per heavy atom. The van der Waals surface area contributed by atoms with Gasteiger partial charge >= 0.3 is 0 Å². The molecule has 0 radical (unpaired) electrons. The quantitative estimate of drug-likeness (QED) is 0.227. The van der Waals surface area contributed by atoms with Crippen molar-refractivity contribution in [2.45, 2.75) is 13.8 Å². The lowest BCUT2D eigenvalue weighted by Crippen LogP contribution is -1.87. The third-order valence-corrected chi connectivity index (χ3v) is 7.39. The molecule has 0 bridgehead atoms. The van der Waals surface area contributed by atoms with Crippen LogP contribution in [0.25, 0.3) is 55.6 Å². The molecular formula is C38H30. The number of aryl methyl sites for hydroxylation is 2. The Morgan fingerprint density at radius 2 is 0.553 bits per heavy atom. The van der Waals surface area contributed by atoms with Crippen molar-refractivity contribution >= 4 is 0 Å². The second kappa shape index (κ2) is 10.4. The van der Waals surface area contributed by atoms with Crippen molar-refractivity contribution in [3.8, 4) is 55.6 Å². The molecule has 0 unspecified atom stereocenters. The van der Waals surface area contributed by atoms with Crippen LogP contribution in [0.4, 0.5) is 0 Å². The molecule has 0 aromatic heterocycles. The molecule has 0 aliphatic heterocycles. The maximum Gasteiger partial charge on any atom is -0.0154 e. The molecule has 182 valence electrons. The summed E-state index contributed by atoms with van der Waals surface area (Å²) in [5.41, 5.74) is 15.1. The summed E-state index contributed by atoms with van der Waals surface area (Å²) in [7, 11) is 0. The number of benzene rings is 6. The molecule has 6 aromatic carbocycles. The van der Waals surface area contributed by atoms with Gasteiger partial charge in [-0.1, -0.05) is 146 Å². The highest BCUT2D eigenvalue weighted by Gasteiger charge is 2.08. The first kappa shape index (κ1) is 23.7. The SMILES string of the molecule is Cc1cc(-c2ccc(-c3ccc(-c4ccc(-c5ccccc5)cc4C)cc3)cc2)ccc1-c1ccccc1. The van der Waals surface area contributed by atoms with E-state index in [4.69, 9.17) is 0 Å². The first-order valence-electron chi connectivity index (χ1n) is 13.2. The summed E-state index contributed by atoms with van der Waals surface area (Å²) >= 11 is 0. The number of rotatable bonds is 5. The zero-order valence-corrected chi connectivity index (χ0v) is 21.9. The van der Waals surface area contributed by atoms with Crippen molar-refractivity contribution in [1.82, 2.24) is 0 Å². The van der Waals surface area contributed by atoms with Gasteiger partial charge in [0, 0.05) is 0 Å². The van der Waals surface area contributed by atoms with Crippen LogP contribution in [0.1, 0.15) is 11.1 Å². The zero-order valence-electron chi connectivity index (χ0n) is 21.9. The summed E-state index contributed by atoms with van der Waals surface area (Å²) in [6.45, 7) is 4.39. The molecule has 0 amide bonds. The number of hydrogen-bond donors (Lipinski definition) is 0. The topological polar surface area (TPSA) is 0 Å². The molecule has 0 heteroatoms. The Morgan fingerprint density at radius 1 is 0.263 bits per heavy atom. The van der Waals surface area contributed by atoms with Gasteiger partial charge in [0.1, 0.15) is 0 Å². The molecule has 0 fully saturated rings. The minimum Gasteiger partial charge on any atom is -0.0622 e. The molecule has 6 rings (SSSR count). The predicted molar refractivity (Wildman–Crippen MR) is 163 cm³/mol. The molecule has 0 atom stereocenters. The van der Waals surface area contributed by atoms with Crippen LogP contribution >= 0.6 is 0 Å². The first-order valence-corrected chi connectivity index (χ1v) is 13.2. The summed E-state index contributed by atoms with van der Waals surface area (Å²) in [6.07, 6.45) is 0. The molecular weight excluding hydrogens is 456 g/mol. The van der Waals surface area contributed by atoms with Crippen molar-refractivity contribution in [1.29, 1.82) is 0 Å². The van der Waals surface area contributed by atoms with Gasteiger partial charge in [0.15, 0.2) is 0 Å².